The summed E-state index contributed by atoms with van der Waals surface area (Å²) in [6, 6.07) is 7.72. The van der Waals surface area contributed by atoms with E-state index in [-0.39, 0.29) is 52.6 Å². The Morgan fingerprint density at radius 3 is 2.83 bits per heavy atom. The van der Waals surface area contributed by atoms with Gasteiger partial charge in [-0.05, 0) is 37.3 Å². The smallest absolute Gasteiger partial charge is 0.319 e. The van der Waals surface area contributed by atoms with Crippen molar-refractivity contribution in [3.8, 4) is 17.3 Å². The zero-order valence-electron chi connectivity index (χ0n) is 29.5. The van der Waals surface area contributed by atoms with Crippen LogP contribution in [0, 0.1) is 11.6 Å². The average Bonchev–Trinajstić information content (AvgIpc) is 3.96. The van der Waals surface area contributed by atoms with E-state index in [1.165, 1.54) is 24.4 Å². The Morgan fingerprint density at radius 2 is 2.02 bits per heavy atom. The normalized spacial score (nSPS) is 21.8. The van der Waals surface area contributed by atoms with E-state index in [4.69, 9.17) is 25.8 Å². The lowest BCUT2D eigenvalue weighted by Crippen LogP contribution is -2.43. The lowest BCUT2D eigenvalue weighted by molar-refractivity contribution is -0.124. The van der Waals surface area contributed by atoms with Crippen LogP contribution >= 0.6 is 11.6 Å². The number of anilines is 1. The van der Waals surface area contributed by atoms with Crippen molar-refractivity contribution in [2.24, 2.45) is 0 Å². The van der Waals surface area contributed by atoms with E-state index in [9.17, 15) is 13.6 Å². The monoisotopic (exact) mass is 746 g/mol. The van der Waals surface area contributed by atoms with Crippen LogP contribution in [-0.2, 0) is 4.79 Å². The molecule has 8 rings (SSSR count). The van der Waals surface area contributed by atoms with Gasteiger partial charge in [-0.1, -0.05) is 54.9 Å². The molecule has 3 aliphatic heterocycles. The molecule has 0 radical (unpaired) electrons. The highest BCUT2D eigenvalue weighted by Gasteiger charge is 2.49. The molecule has 3 fully saturated rings. The molecule has 276 valence electrons. The molecule has 2 aromatic carbocycles. The molecule has 0 saturated carbocycles. The van der Waals surface area contributed by atoms with Crippen LogP contribution in [-0.4, -0.2) is 98.4 Å². The molecule has 3 aromatic heterocycles. The molecule has 15 heteroatoms. The number of alkyl halides is 1. The number of aromatic nitrogens is 5. The van der Waals surface area contributed by atoms with Gasteiger partial charge in [-0.2, -0.15) is 15.0 Å². The minimum Gasteiger partial charge on any atom is -0.461 e. The van der Waals surface area contributed by atoms with Crippen molar-refractivity contribution in [3.05, 3.63) is 71.0 Å². The third kappa shape index (κ3) is 6.45. The average molecular weight is 747 g/mol. The molecule has 5 aromatic rings. The predicted octanol–water partition coefficient (Wildman–Crippen LogP) is 6.99. The first-order valence-corrected chi connectivity index (χ1v) is 18.2. The molecule has 11 nitrogen and oxygen atoms in total. The molecular formula is C38H38ClF3N8O3. The Kier molecular flexibility index (Phi) is 9.22. The zero-order valence-corrected chi connectivity index (χ0v) is 30.3. The number of hydrogen-bond acceptors (Lipinski definition) is 10. The van der Waals surface area contributed by atoms with Gasteiger partial charge in [0.1, 0.15) is 35.6 Å². The van der Waals surface area contributed by atoms with Gasteiger partial charge in [-0.3, -0.25) is 14.7 Å². The van der Waals surface area contributed by atoms with E-state index >= 15 is 4.39 Å². The number of carbonyl (C=O) groups excluding carboxylic acids is 1. The Hall–Kier alpha value is -4.82. The lowest BCUT2D eigenvalue weighted by Gasteiger charge is -2.31. The highest BCUT2D eigenvalue weighted by molar-refractivity contribution is 6.36. The predicted molar refractivity (Wildman–Crippen MR) is 195 cm³/mol. The summed E-state index contributed by atoms with van der Waals surface area (Å²) in [7, 11) is 1.83. The van der Waals surface area contributed by atoms with Crippen molar-refractivity contribution in [2.45, 2.75) is 63.2 Å². The van der Waals surface area contributed by atoms with Crippen LogP contribution in [0.5, 0.6) is 6.01 Å². The number of ether oxygens (including phenoxy) is 1. The van der Waals surface area contributed by atoms with Gasteiger partial charge in [0, 0.05) is 74.4 Å². The number of amides is 1. The largest absolute Gasteiger partial charge is 0.461 e. The Balaban J connectivity index is 1.13. The SMILES string of the molecule is CC(C)c1noc(/C=C/C(=O)N2CC[C@@H](N(C)c3nc(OC[C@@]45CCCN4C[C@H](F)C5)nc4c(F)c(-c5cccc6ccc(F)c(Cl)c56)ncc34)C2)n1. The van der Waals surface area contributed by atoms with Gasteiger partial charge in [0.05, 0.1) is 15.9 Å². The standard InChI is InChI=1S/C38H38ClF3N8O3/c1-21(2)35-44-28(53-47-35)10-11-29(51)49-15-12-24(19-49)48(3)36-26-17-43-33(25-7-4-6-22-8-9-27(41)31(39)30(22)25)32(42)34(26)45-37(46-36)52-20-38-13-5-14-50(38)18-23(40)16-38/h4,6-11,17,21,23-24H,5,12-16,18-20H2,1-3H3/b11-10+/t23-,24-,38+/m1/s1. The van der Waals surface area contributed by atoms with E-state index in [1.807, 2.05) is 25.8 Å². The van der Waals surface area contributed by atoms with Gasteiger partial charge < -0.3 is 19.1 Å². The summed E-state index contributed by atoms with van der Waals surface area (Å²) in [5, 5.41) is 5.07. The first-order valence-electron chi connectivity index (χ1n) is 17.8. The van der Waals surface area contributed by atoms with Crippen LogP contribution in [0.4, 0.5) is 19.0 Å². The van der Waals surface area contributed by atoms with Crippen molar-refractivity contribution >= 4 is 51.1 Å². The first kappa shape index (κ1) is 35.2. The Labute approximate surface area is 308 Å². The number of carbonyl (C=O) groups is 1. The number of hydrogen-bond donors (Lipinski definition) is 0. The second-order valence-corrected chi connectivity index (χ2v) is 14.8. The number of likely N-dealkylation sites (tertiary alicyclic amines) is 1. The third-order valence-corrected chi connectivity index (χ3v) is 11.1. The van der Waals surface area contributed by atoms with Crippen LogP contribution in [0.3, 0.4) is 0 Å². The molecule has 1 amide bonds. The molecule has 53 heavy (non-hydrogen) atoms. The minimum atomic E-state index is -0.950. The number of benzene rings is 2. The van der Waals surface area contributed by atoms with Crippen LogP contribution in [0.25, 0.3) is 39.0 Å². The number of rotatable bonds is 9. The van der Waals surface area contributed by atoms with E-state index < -0.39 is 23.3 Å². The van der Waals surface area contributed by atoms with Gasteiger partial charge in [0.15, 0.2) is 11.6 Å². The van der Waals surface area contributed by atoms with Gasteiger partial charge in [-0.15, -0.1) is 0 Å². The molecule has 0 unspecified atom stereocenters. The van der Waals surface area contributed by atoms with Crippen molar-refractivity contribution in [2.75, 3.05) is 44.7 Å². The molecule has 0 bridgehead atoms. The summed E-state index contributed by atoms with van der Waals surface area (Å²) in [6.45, 7) is 6.03. The third-order valence-electron chi connectivity index (χ3n) is 10.8. The Bertz CT molecular complexity index is 2250. The molecule has 6 heterocycles. The lowest BCUT2D eigenvalue weighted by atomic mass is 9.95. The fourth-order valence-corrected chi connectivity index (χ4v) is 8.20. The summed E-state index contributed by atoms with van der Waals surface area (Å²) < 4.78 is 57.6. The van der Waals surface area contributed by atoms with Gasteiger partial charge in [0.2, 0.25) is 5.91 Å². The van der Waals surface area contributed by atoms with Crippen LogP contribution in [0.2, 0.25) is 5.02 Å². The summed E-state index contributed by atoms with van der Waals surface area (Å²) >= 11 is 6.42. The fraction of sp³-hybridized carbons (Fsp3) is 0.421. The minimum absolute atomic E-state index is 0.0452. The Morgan fingerprint density at radius 1 is 1.17 bits per heavy atom. The van der Waals surface area contributed by atoms with Gasteiger partial charge in [0.25, 0.3) is 5.89 Å². The second kappa shape index (κ2) is 13.9. The molecule has 3 atom stereocenters. The highest BCUT2D eigenvalue weighted by Crippen LogP contribution is 2.42. The number of likely N-dealkylation sites (N-methyl/N-ethyl adjacent to an activating group) is 1. The maximum Gasteiger partial charge on any atom is 0.319 e. The zero-order chi connectivity index (χ0) is 37.0. The summed E-state index contributed by atoms with van der Waals surface area (Å²) in [5.41, 5.74) is -0.276. The molecule has 0 aliphatic carbocycles. The van der Waals surface area contributed by atoms with Crippen molar-refractivity contribution in [3.63, 3.8) is 0 Å². The molecule has 3 aliphatic rings. The van der Waals surface area contributed by atoms with E-state index in [2.05, 4.69) is 25.0 Å². The number of pyridine rings is 1. The highest BCUT2D eigenvalue weighted by atomic mass is 35.5. The summed E-state index contributed by atoms with van der Waals surface area (Å²) in [6.07, 6.45) is 6.13. The summed E-state index contributed by atoms with van der Waals surface area (Å²) in [4.78, 5) is 37.0. The maximum absolute atomic E-state index is 16.9. The van der Waals surface area contributed by atoms with Gasteiger partial charge in [-0.25, -0.2) is 13.2 Å². The molecule has 3 saturated heterocycles. The topological polar surface area (TPSA) is 114 Å². The first-order chi connectivity index (χ1) is 25.5. The van der Waals surface area contributed by atoms with E-state index in [0.717, 1.165) is 19.4 Å². The van der Waals surface area contributed by atoms with E-state index in [1.54, 1.807) is 29.2 Å². The van der Waals surface area contributed by atoms with Crippen molar-refractivity contribution in [1.82, 2.24) is 34.9 Å². The fourth-order valence-electron chi connectivity index (χ4n) is 7.93. The van der Waals surface area contributed by atoms with Crippen LogP contribution < -0.4 is 9.64 Å². The quantitative estimate of drug-likeness (QED) is 0.146. The molecule has 0 spiro atoms. The molecule has 0 N–H and O–H groups in total. The van der Waals surface area contributed by atoms with Crippen LogP contribution in [0.1, 0.15) is 57.2 Å². The van der Waals surface area contributed by atoms with Crippen molar-refractivity contribution < 1.29 is 27.2 Å². The van der Waals surface area contributed by atoms with Crippen molar-refractivity contribution in [1.29, 1.82) is 0 Å². The van der Waals surface area contributed by atoms with Gasteiger partial charge >= 0.3 is 6.01 Å². The second-order valence-electron chi connectivity index (χ2n) is 14.5. The summed E-state index contributed by atoms with van der Waals surface area (Å²) in [5.74, 6) is -0.337. The molecular weight excluding hydrogens is 709 g/mol. The number of nitrogens with zero attached hydrogens (tertiary/aromatic N) is 8. The number of halogens is 4. The van der Waals surface area contributed by atoms with Crippen LogP contribution in [0.15, 0.2) is 47.1 Å². The number of fused-ring (bicyclic) bond motifs is 3. The van der Waals surface area contributed by atoms with E-state index in [0.29, 0.717) is 65.8 Å². The maximum atomic E-state index is 16.9.